The Hall–Kier alpha value is -3.03. The molecular formula is C12H10N4O4. The molecule has 2 aromatic heterocycles. The van der Waals surface area contributed by atoms with E-state index in [0.29, 0.717) is 0 Å². The summed E-state index contributed by atoms with van der Waals surface area (Å²) >= 11 is 0. The fourth-order valence-corrected chi connectivity index (χ4v) is 1.50. The van der Waals surface area contributed by atoms with Gasteiger partial charge in [0.1, 0.15) is 6.20 Å². The molecule has 0 aliphatic heterocycles. The molecule has 1 amide bonds. The van der Waals surface area contributed by atoms with Gasteiger partial charge < -0.3 is 10.4 Å². The first-order valence-electron chi connectivity index (χ1n) is 5.58. The number of rotatable bonds is 4. The SMILES string of the molecule is O=C(Cc1ccncc1)Nc1ncc([N+](=O)[O-])cc1O. The molecule has 2 heterocycles. The van der Waals surface area contributed by atoms with E-state index in [1.54, 1.807) is 24.5 Å². The van der Waals surface area contributed by atoms with Gasteiger partial charge in [0, 0.05) is 12.4 Å². The fourth-order valence-electron chi connectivity index (χ4n) is 1.50. The standard InChI is InChI=1S/C12H10N4O4/c17-10-6-9(16(19)20)7-14-12(10)15-11(18)5-8-1-3-13-4-2-8/h1-4,6-7,17H,5H2,(H,14,15,18). The second-order valence-electron chi connectivity index (χ2n) is 3.90. The molecule has 0 atom stereocenters. The summed E-state index contributed by atoms with van der Waals surface area (Å²) in [5.74, 6) is -0.968. The van der Waals surface area contributed by atoms with Gasteiger partial charge >= 0.3 is 0 Å². The second-order valence-corrected chi connectivity index (χ2v) is 3.90. The van der Waals surface area contributed by atoms with Crippen molar-refractivity contribution in [1.82, 2.24) is 9.97 Å². The third-order valence-electron chi connectivity index (χ3n) is 2.44. The first kappa shape index (κ1) is 13.4. The van der Waals surface area contributed by atoms with Gasteiger partial charge in [-0.15, -0.1) is 0 Å². The first-order valence-corrected chi connectivity index (χ1v) is 5.58. The van der Waals surface area contributed by atoms with Gasteiger partial charge in [0.25, 0.3) is 5.69 Å². The van der Waals surface area contributed by atoms with E-state index in [1.807, 2.05) is 0 Å². The number of pyridine rings is 2. The maximum absolute atomic E-state index is 11.7. The van der Waals surface area contributed by atoms with Crippen molar-refractivity contribution in [2.75, 3.05) is 5.32 Å². The summed E-state index contributed by atoms with van der Waals surface area (Å²) in [4.78, 5) is 29.0. The highest BCUT2D eigenvalue weighted by atomic mass is 16.6. The highest BCUT2D eigenvalue weighted by molar-refractivity contribution is 5.92. The Morgan fingerprint density at radius 3 is 2.70 bits per heavy atom. The molecule has 2 N–H and O–H groups in total. The zero-order valence-corrected chi connectivity index (χ0v) is 10.2. The van der Waals surface area contributed by atoms with E-state index in [1.165, 1.54) is 0 Å². The molecule has 0 aliphatic carbocycles. The number of aromatic hydroxyl groups is 1. The number of amides is 1. The molecule has 20 heavy (non-hydrogen) atoms. The van der Waals surface area contributed by atoms with Crippen LogP contribution in [0.2, 0.25) is 0 Å². The van der Waals surface area contributed by atoms with E-state index in [2.05, 4.69) is 15.3 Å². The third-order valence-corrected chi connectivity index (χ3v) is 2.44. The van der Waals surface area contributed by atoms with E-state index in [4.69, 9.17) is 0 Å². The number of aromatic nitrogens is 2. The predicted octanol–water partition coefficient (Wildman–Crippen LogP) is 1.27. The van der Waals surface area contributed by atoms with Crippen LogP contribution in [-0.2, 0) is 11.2 Å². The Morgan fingerprint density at radius 1 is 1.40 bits per heavy atom. The van der Waals surface area contributed by atoms with Crippen molar-refractivity contribution in [2.45, 2.75) is 6.42 Å². The van der Waals surface area contributed by atoms with Gasteiger partial charge in [-0.1, -0.05) is 0 Å². The molecule has 0 bridgehead atoms. The van der Waals surface area contributed by atoms with Crippen molar-refractivity contribution in [3.63, 3.8) is 0 Å². The Balaban J connectivity index is 2.06. The summed E-state index contributed by atoms with van der Waals surface area (Å²) in [6, 6.07) is 4.29. The van der Waals surface area contributed by atoms with Gasteiger partial charge in [-0.05, 0) is 17.7 Å². The summed E-state index contributed by atoms with van der Waals surface area (Å²) in [5.41, 5.74) is 0.397. The molecular weight excluding hydrogens is 264 g/mol. The van der Waals surface area contributed by atoms with Gasteiger partial charge in [0.15, 0.2) is 11.6 Å². The van der Waals surface area contributed by atoms with Crippen LogP contribution in [0.25, 0.3) is 0 Å². The number of carbonyl (C=O) groups excluding carboxylic acids is 1. The van der Waals surface area contributed by atoms with E-state index >= 15 is 0 Å². The van der Waals surface area contributed by atoms with Crippen LogP contribution in [0.5, 0.6) is 5.75 Å². The average Bonchev–Trinajstić information content (AvgIpc) is 2.42. The molecule has 102 valence electrons. The smallest absolute Gasteiger partial charge is 0.291 e. The van der Waals surface area contributed by atoms with Gasteiger partial charge in [-0.25, -0.2) is 4.98 Å². The Kier molecular flexibility index (Phi) is 3.85. The maximum Gasteiger partial charge on any atom is 0.291 e. The molecule has 0 saturated carbocycles. The lowest BCUT2D eigenvalue weighted by molar-refractivity contribution is -0.385. The van der Waals surface area contributed by atoms with Gasteiger partial charge in [0.05, 0.1) is 17.4 Å². The number of hydrogen-bond acceptors (Lipinski definition) is 6. The lowest BCUT2D eigenvalue weighted by Gasteiger charge is -2.06. The molecule has 0 unspecified atom stereocenters. The van der Waals surface area contributed by atoms with Crippen LogP contribution in [0.3, 0.4) is 0 Å². The molecule has 0 fully saturated rings. The molecule has 2 rings (SSSR count). The van der Waals surface area contributed by atoms with Crippen molar-refractivity contribution < 1.29 is 14.8 Å². The average molecular weight is 274 g/mol. The summed E-state index contributed by atoms with van der Waals surface area (Å²) < 4.78 is 0. The summed E-state index contributed by atoms with van der Waals surface area (Å²) in [6.07, 6.45) is 4.16. The van der Waals surface area contributed by atoms with Crippen molar-refractivity contribution in [1.29, 1.82) is 0 Å². The topological polar surface area (TPSA) is 118 Å². The predicted molar refractivity (Wildman–Crippen MR) is 69.1 cm³/mol. The van der Waals surface area contributed by atoms with Crippen LogP contribution < -0.4 is 5.32 Å². The lowest BCUT2D eigenvalue weighted by Crippen LogP contribution is -2.15. The molecule has 8 nitrogen and oxygen atoms in total. The van der Waals surface area contributed by atoms with E-state index in [9.17, 15) is 20.0 Å². The number of anilines is 1. The van der Waals surface area contributed by atoms with Crippen LogP contribution >= 0.6 is 0 Å². The molecule has 0 aliphatic rings. The minimum atomic E-state index is -0.685. The molecule has 8 heteroatoms. The monoisotopic (exact) mass is 274 g/mol. The van der Waals surface area contributed by atoms with Crippen molar-refractivity contribution in [3.05, 3.63) is 52.5 Å². The largest absolute Gasteiger partial charge is 0.504 e. The summed E-state index contributed by atoms with van der Waals surface area (Å²) in [6.45, 7) is 0. The van der Waals surface area contributed by atoms with Crippen molar-refractivity contribution in [3.8, 4) is 5.75 Å². The van der Waals surface area contributed by atoms with Crippen LogP contribution in [0.15, 0.2) is 36.8 Å². The van der Waals surface area contributed by atoms with Crippen LogP contribution in [0.4, 0.5) is 11.5 Å². The number of nitro groups is 1. The van der Waals surface area contributed by atoms with Crippen LogP contribution in [-0.4, -0.2) is 25.9 Å². The molecule has 0 saturated heterocycles. The summed E-state index contributed by atoms with van der Waals surface area (Å²) in [5, 5.41) is 22.4. The highest BCUT2D eigenvalue weighted by Crippen LogP contribution is 2.24. The molecule has 0 aromatic carbocycles. The Bertz CT molecular complexity index is 645. The van der Waals surface area contributed by atoms with Crippen molar-refractivity contribution >= 4 is 17.4 Å². The van der Waals surface area contributed by atoms with Crippen LogP contribution in [0.1, 0.15) is 5.56 Å². The zero-order valence-electron chi connectivity index (χ0n) is 10.2. The molecule has 0 spiro atoms. The fraction of sp³-hybridized carbons (Fsp3) is 0.0833. The van der Waals surface area contributed by atoms with Gasteiger partial charge in [-0.3, -0.25) is 19.9 Å². The minimum Gasteiger partial charge on any atom is -0.504 e. The number of carbonyl (C=O) groups is 1. The minimum absolute atomic E-state index is 0.0840. The normalized spacial score (nSPS) is 10.0. The highest BCUT2D eigenvalue weighted by Gasteiger charge is 2.13. The zero-order chi connectivity index (χ0) is 14.5. The Labute approximate surface area is 113 Å². The quantitative estimate of drug-likeness (QED) is 0.640. The van der Waals surface area contributed by atoms with E-state index in [-0.39, 0.29) is 17.9 Å². The first-order chi connectivity index (χ1) is 9.56. The number of hydrogen-bond donors (Lipinski definition) is 2. The number of nitrogens with one attached hydrogen (secondary N) is 1. The van der Waals surface area contributed by atoms with E-state index < -0.39 is 16.6 Å². The van der Waals surface area contributed by atoms with Gasteiger partial charge in [-0.2, -0.15) is 0 Å². The third kappa shape index (κ3) is 3.25. The summed E-state index contributed by atoms with van der Waals surface area (Å²) in [7, 11) is 0. The maximum atomic E-state index is 11.7. The Morgan fingerprint density at radius 2 is 2.10 bits per heavy atom. The number of nitrogens with zero attached hydrogens (tertiary/aromatic N) is 3. The van der Waals surface area contributed by atoms with Crippen LogP contribution in [0, 0.1) is 10.1 Å². The molecule has 0 radical (unpaired) electrons. The second kappa shape index (κ2) is 5.74. The van der Waals surface area contributed by atoms with Crippen molar-refractivity contribution in [2.24, 2.45) is 0 Å². The van der Waals surface area contributed by atoms with Gasteiger partial charge in [0.2, 0.25) is 5.91 Å². The van der Waals surface area contributed by atoms with E-state index in [0.717, 1.165) is 17.8 Å². The molecule has 2 aromatic rings. The lowest BCUT2D eigenvalue weighted by atomic mass is 10.2.